The summed E-state index contributed by atoms with van der Waals surface area (Å²) in [6.07, 6.45) is 3.30. The first-order valence-electron chi connectivity index (χ1n) is 5.97. The van der Waals surface area contributed by atoms with Crippen molar-refractivity contribution in [3.8, 4) is 10.8 Å². The Hall–Kier alpha value is -1.69. The molecular weight excluding hydrogens is 246 g/mol. The fourth-order valence-corrected chi connectivity index (χ4v) is 2.97. The molecule has 0 atom stereocenters. The van der Waals surface area contributed by atoms with Gasteiger partial charge in [0, 0.05) is 13.6 Å². The van der Waals surface area contributed by atoms with E-state index < -0.39 is 0 Å². The fraction of sp³-hybridized carbons (Fsp3) is 0.417. The van der Waals surface area contributed by atoms with E-state index in [0.717, 1.165) is 35.4 Å². The Morgan fingerprint density at radius 2 is 2.17 bits per heavy atom. The van der Waals surface area contributed by atoms with Crippen LogP contribution in [0.15, 0.2) is 6.08 Å². The standard InChI is InChI=1S/C12H15N5S/c1-7-5-4-6-17-9(7)10(13-3)15-11(17)12-14-8(2)16-18-12/h5,13H,4,6H2,1-3H3. The zero-order valence-electron chi connectivity index (χ0n) is 10.7. The lowest BCUT2D eigenvalue weighted by Crippen LogP contribution is -2.08. The van der Waals surface area contributed by atoms with Gasteiger partial charge < -0.3 is 9.88 Å². The molecule has 18 heavy (non-hydrogen) atoms. The second-order valence-corrected chi connectivity index (χ2v) is 5.11. The lowest BCUT2D eigenvalue weighted by Gasteiger charge is -2.15. The van der Waals surface area contributed by atoms with Crippen LogP contribution in [0.3, 0.4) is 0 Å². The summed E-state index contributed by atoms with van der Waals surface area (Å²) in [6, 6.07) is 0. The molecule has 2 aromatic rings. The molecule has 0 saturated heterocycles. The Morgan fingerprint density at radius 1 is 1.33 bits per heavy atom. The lowest BCUT2D eigenvalue weighted by molar-refractivity contribution is 0.694. The monoisotopic (exact) mass is 261 g/mol. The predicted octanol–water partition coefficient (Wildman–Crippen LogP) is 2.56. The van der Waals surface area contributed by atoms with Crippen LogP contribution in [0.2, 0.25) is 0 Å². The maximum absolute atomic E-state index is 4.66. The van der Waals surface area contributed by atoms with Crippen molar-refractivity contribution in [3.05, 3.63) is 17.6 Å². The summed E-state index contributed by atoms with van der Waals surface area (Å²) in [4.78, 5) is 9.10. The van der Waals surface area contributed by atoms with Crippen molar-refractivity contribution < 1.29 is 0 Å². The fourth-order valence-electron chi connectivity index (χ4n) is 2.30. The van der Waals surface area contributed by atoms with Crippen molar-refractivity contribution in [3.63, 3.8) is 0 Å². The molecule has 0 aromatic carbocycles. The average Bonchev–Trinajstić information content (AvgIpc) is 2.93. The number of hydrogen-bond donors (Lipinski definition) is 1. The van der Waals surface area contributed by atoms with Crippen molar-refractivity contribution in [2.75, 3.05) is 12.4 Å². The van der Waals surface area contributed by atoms with Crippen LogP contribution in [0, 0.1) is 6.92 Å². The van der Waals surface area contributed by atoms with E-state index in [1.54, 1.807) is 0 Å². The van der Waals surface area contributed by atoms with Crippen LogP contribution in [0.25, 0.3) is 16.4 Å². The van der Waals surface area contributed by atoms with Crippen molar-refractivity contribution in [2.24, 2.45) is 0 Å². The number of fused-ring (bicyclic) bond motifs is 1. The zero-order chi connectivity index (χ0) is 12.7. The number of allylic oxidation sites excluding steroid dienone is 2. The van der Waals surface area contributed by atoms with E-state index >= 15 is 0 Å². The molecule has 3 heterocycles. The Balaban J connectivity index is 2.20. The molecule has 0 amide bonds. The molecule has 0 radical (unpaired) electrons. The second-order valence-electron chi connectivity index (χ2n) is 4.36. The molecule has 0 aliphatic carbocycles. The summed E-state index contributed by atoms with van der Waals surface area (Å²) in [5, 5.41) is 4.06. The van der Waals surface area contributed by atoms with Crippen LogP contribution in [0.4, 0.5) is 5.82 Å². The number of hydrogen-bond acceptors (Lipinski definition) is 5. The topological polar surface area (TPSA) is 55.6 Å². The quantitative estimate of drug-likeness (QED) is 0.902. The number of imidazole rings is 1. The molecule has 0 spiro atoms. The summed E-state index contributed by atoms with van der Waals surface area (Å²) in [6.45, 7) is 4.99. The minimum atomic E-state index is 0.807. The van der Waals surface area contributed by atoms with E-state index in [1.807, 2.05) is 14.0 Å². The number of aromatic nitrogens is 4. The summed E-state index contributed by atoms with van der Waals surface area (Å²) in [5.74, 6) is 2.65. The molecule has 5 nitrogen and oxygen atoms in total. The van der Waals surface area contributed by atoms with E-state index in [-0.39, 0.29) is 0 Å². The van der Waals surface area contributed by atoms with Gasteiger partial charge in [0.15, 0.2) is 16.6 Å². The van der Waals surface area contributed by atoms with Gasteiger partial charge in [-0.3, -0.25) is 0 Å². The number of aryl methyl sites for hydroxylation is 1. The highest BCUT2D eigenvalue weighted by atomic mass is 32.1. The van der Waals surface area contributed by atoms with E-state index in [2.05, 4.69) is 37.2 Å². The molecule has 0 unspecified atom stereocenters. The number of nitrogens with zero attached hydrogens (tertiary/aromatic N) is 4. The Bertz CT molecular complexity index is 622. The predicted molar refractivity (Wildman–Crippen MR) is 73.7 cm³/mol. The Morgan fingerprint density at radius 3 is 2.83 bits per heavy atom. The Labute approximate surface area is 110 Å². The van der Waals surface area contributed by atoms with Gasteiger partial charge in [0.05, 0.1) is 5.69 Å². The largest absolute Gasteiger partial charge is 0.371 e. The molecule has 0 fully saturated rings. The highest BCUT2D eigenvalue weighted by Crippen LogP contribution is 2.33. The molecule has 2 aromatic heterocycles. The van der Waals surface area contributed by atoms with Crippen LogP contribution in [0.1, 0.15) is 24.9 Å². The summed E-state index contributed by atoms with van der Waals surface area (Å²) < 4.78 is 6.48. The van der Waals surface area contributed by atoms with Gasteiger partial charge in [-0.15, -0.1) is 0 Å². The molecule has 94 valence electrons. The summed E-state index contributed by atoms with van der Waals surface area (Å²) in [7, 11) is 1.90. The van der Waals surface area contributed by atoms with Gasteiger partial charge >= 0.3 is 0 Å². The molecule has 6 heteroatoms. The van der Waals surface area contributed by atoms with Gasteiger partial charge in [-0.05, 0) is 37.4 Å². The minimum Gasteiger partial charge on any atom is -0.371 e. The van der Waals surface area contributed by atoms with Crippen LogP contribution in [-0.4, -0.2) is 26.0 Å². The minimum absolute atomic E-state index is 0.807. The molecule has 0 saturated carbocycles. The van der Waals surface area contributed by atoms with E-state index in [0.29, 0.717) is 0 Å². The third kappa shape index (κ3) is 1.64. The van der Waals surface area contributed by atoms with Crippen LogP contribution in [-0.2, 0) is 6.54 Å². The van der Waals surface area contributed by atoms with Gasteiger partial charge in [0.25, 0.3) is 0 Å². The molecule has 0 bridgehead atoms. The van der Waals surface area contributed by atoms with Crippen molar-refractivity contribution in [2.45, 2.75) is 26.8 Å². The van der Waals surface area contributed by atoms with Gasteiger partial charge in [0.1, 0.15) is 5.82 Å². The summed E-state index contributed by atoms with van der Waals surface area (Å²) >= 11 is 1.41. The normalized spacial score (nSPS) is 14.3. The van der Waals surface area contributed by atoms with E-state index in [1.165, 1.54) is 22.8 Å². The first-order valence-corrected chi connectivity index (χ1v) is 6.74. The van der Waals surface area contributed by atoms with Gasteiger partial charge in [-0.2, -0.15) is 4.37 Å². The number of nitrogens with one attached hydrogen (secondary N) is 1. The molecule has 3 rings (SSSR count). The molecule has 1 aliphatic rings. The average molecular weight is 261 g/mol. The molecule has 1 aliphatic heterocycles. The molecular formula is C12H15N5S. The zero-order valence-corrected chi connectivity index (χ0v) is 11.5. The van der Waals surface area contributed by atoms with Gasteiger partial charge in [0.2, 0.25) is 0 Å². The third-order valence-corrected chi connectivity index (χ3v) is 3.90. The first kappa shape index (κ1) is 11.4. The van der Waals surface area contributed by atoms with Crippen molar-refractivity contribution in [1.29, 1.82) is 0 Å². The summed E-state index contributed by atoms with van der Waals surface area (Å²) in [5.41, 5.74) is 2.44. The molecule has 1 N–H and O–H groups in total. The Kier molecular flexibility index (Phi) is 2.66. The maximum Gasteiger partial charge on any atom is 0.179 e. The maximum atomic E-state index is 4.66. The van der Waals surface area contributed by atoms with Crippen molar-refractivity contribution in [1.82, 2.24) is 18.9 Å². The number of anilines is 1. The highest BCUT2D eigenvalue weighted by Gasteiger charge is 2.22. The second kappa shape index (κ2) is 4.20. The van der Waals surface area contributed by atoms with Gasteiger partial charge in [-0.25, -0.2) is 9.97 Å². The van der Waals surface area contributed by atoms with Gasteiger partial charge in [-0.1, -0.05) is 6.08 Å². The van der Waals surface area contributed by atoms with Crippen LogP contribution >= 0.6 is 11.5 Å². The smallest absolute Gasteiger partial charge is 0.179 e. The SMILES string of the molecule is CNc1nc(-c2nc(C)ns2)n2c1C(C)=CCC2. The van der Waals surface area contributed by atoms with Crippen molar-refractivity contribution >= 4 is 22.9 Å². The first-order chi connectivity index (χ1) is 8.70. The number of rotatable bonds is 2. The third-order valence-electron chi connectivity index (χ3n) is 3.10. The van der Waals surface area contributed by atoms with Crippen LogP contribution < -0.4 is 5.32 Å². The van der Waals surface area contributed by atoms with Crippen LogP contribution in [0.5, 0.6) is 0 Å². The van der Waals surface area contributed by atoms with E-state index in [4.69, 9.17) is 0 Å². The van der Waals surface area contributed by atoms with E-state index in [9.17, 15) is 0 Å². The lowest BCUT2D eigenvalue weighted by atomic mass is 10.1. The highest BCUT2D eigenvalue weighted by molar-refractivity contribution is 7.09.